The van der Waals surface area contributed by atoms with Gasteiger partial charge in [0, 0.05) is 22.4 Å². The topological polar surface area (TPSA) is 117 Å². The first-order valence-electron chi connectivity index (χ1n) is 7.96. The molecule has 0 saturated carbocycles. The van der Waals surface area contributed by atoms with E-state index in [2.05, 4.69) is 25.6 Å². The molecule has 0 saturated heterocycles. The second-order valence-electron chi connectivity index (χ2n) is 5.51. The average Bonchev–Trinajstić information content (AvgIpc) is 3.32. The molecule has 0 aliphatic heterocycles. The third-order valence-corrected chi connectivity index (χ3v) is 4.61. The second-order valence-corrected chi connectivity index (χ2v) is 6.45. The van der Waals surface area contributed by atoms with E-state index < -0.39 is 16.7 Å². The Morgan fingerprint density at radius 1 is 1.07 bits per heavy atom. The third-order valence-electron chi connectivity index (χ3n) is 3.69. The molecule has 0 spiro atoms. The van der Waals surface area contributed by atoms with E-state index in [1.165, 1.54) is 15.4 Å². The molecule has 2 aromatic carbocycles. The molecule has 0 fully saturated rings. The summed E-state index contributed by atoms with van der Waals surface area (Å²) in [4.78, 5) is 14.3. The Morgan fingerprint density at radius 2 is 1.82 bits per heavy atom. The van der Waals surface area contributed by atoms with Crippen LogP contribution in [0.15, 0.2) is 64.9 Å². The van der Waals surface area contributed by atoms with Gasteiger partial charge in [-0.3, -0.25) is 0 Å². The van der Waals surface area contributed by atoms with Crippen LogP contribution in [-0.2, 0) is 6.54 Å². The monoisotopic (exact) mass is 398 g/mol. The second kappa shape index (κ2) is 7.52. The smallest absolute Gasteiger partial charge is 0.390 e. The molecule has 0 amide bonds. The van der Waals surface area contributed by atoms with Crippen molar-refractivity contribution in [2.45, 2.75) is 16.9 Å². The van der Waals surface area contributed by atoms with Crippen LogP contribution in [0.3, 0.4) is 0 Å². The summed E-state index contributed by atoms with van der Waals surface area (Å²) >= 11 is 0.995. The van der Waals surface area contributed by atoms with Gasteiger partial charge in [-0.25, -0.2) is 4.39 Å². The van der Waals surface area contributed by atoms with E-state index in [-0.39, 0.29) is 11.7 Å². The number of para-hydroxylation sites is 1. The van der Waals surface area contributed by atoms with Gasteiger partial charge in [0.2, 0.25) is 5.16 Å². The zero-order valence-electron chi connectivity index (χ0n) is 14.1. The molecule has 28 heavy (non-hydrogen) atoms. The van der Waals surface area contributed by atoms with Gasteiger partial charge in [-0.05, 0) is 38.5 Å². The molecule has 2 heterocycles. The van der Waals surface area contributed by atoms with Gasteiger partial charge in [0.25, 0.3) is 5.16 Å². The minimum atomic E-state index is -0.706. The van der Waals surface area contributed by atoms with Crippen molar-refractivity contribution in [3.8, 4) is 5.69 Å². The molecule has 0 aliphatic rings. The van der Waals surface area contributed by atoms with Crippen LogP contribution >= 0.6 is 11.8 Å². The molecule has 4 rings (SSSR count). The van der Waals surface area contributed by atoms with E-state index >= 15 is 0 Å². The number of hydrogen-bond donors (Lipinski definition) is 0. The van der Waals surface area contributed by atoms with E-state index in [0.717, 1.165) is 11.8 Å². The van der Waals surface area contributed by atoms with Gasteiger partial charge in [0.05, 0.1) is 12.2 Å². The number of hydrogen-bond acceptors (Lipinski definition) is 8. The van der Waals surface area contributed by atoms with Gasteiger partial charge >= 0.3 is 5.95 Å². The Morgan fingerprint density at radius 3 is 2.57 bits per heavy atom. The van der Waals surface area contributed by atoms with E-state index in [4.69, 9.17) is 0 Å². The van der Waals surface area contributed by atoms with Crippen molar-refractivity contribution in [3.63, 3.8) is 0 Å². The summed E-state index contributed by atoms with van der Waals surface area (Å²) in [5.41, 5.74) is 1.04. The highest BCUT2D eigenvalue weighted by Crippen LogP contribution is 2.27. The average molecular weight is 398 g/mol. The minimum Gasteiger partial charge on any atom is -0.390 e. The molecule has 140 valence electrons. The summed E-state index contributed by atoms with van der Waals surface area (Å²) in [5.74, 6) is -1.02. The molecule has 12 heteroatoms. The Labute approximate surface area is 161 Å². The summed E-state index contributed by atoms with van der Waals surface area (Å²) in [6.45, 7) is -0.0251. The molecular weight excluding hydrogens is 387 g/mol. The van der Waals surface area contributed by atoms with Crippen LogP contribution in [0.25, 0.3) is 5.69 Å². The maximum atomic E-state index is 14.0. The summed E-state index contributed by atoms with van der Waals surface area (Å²) in [5, 5.41) is 27.0. The molecule has 0 atom stereocenters. The Bertz CT molecular complexity index is 1130. The highest BCUT2D eigenvalue weighted by Gasteiger charge is 2.25. The fourth-order valence-corrected chi connectivity index (χ4v) is 3.22. The number of nitro groups is 1. The van der Waals surface area contributed by atoms with Crippen LogP contribution in [0.1, 0.15) is 5.56 Å². The first-order chi connectivity index (χ1) is 13.6. The fraction of sp³-hybridized carbons (Fsp3) is 0.0625. The largest absolute Gasteiger partial charge is 0.492 e. The SMILES string of the molecule is O=[N+]([O-])c1nc(Sc2nnnn2-c2ccccc2)n(Cc2ccccc2F)n1. The van der Waals surface area contributed by atoms with Gasteiger partial charge in [-0.1, -0.05) is 36.4 Å². The van der Waals surface area contributed by atoms with Gasteiger partial charge < -0.3 is 10.1 Å². The molecular formula is C16H11FN8O2S. The third kappa shape index (κ3) is 3.57. The van der Waals surface area contributed by atoms with Crippen LogP contribution < -0.4 is 0 Å². The van der Waals surface area contributed by atoms with Crippen molar-refractivity contribution in [3.05, 3.63) is 76.1 Å². The lowest BCUT2D eigenvalue weighted by Crippen LogP contribution is -2.06. The van der Waals surface area contributed by atoms with Gasteiger partial charge in [0.1, 0.15) is 5.82 Å². The Balaban J connectivity index is 1.70. The molecule has 2 aromatic heterocycles. The molecule has 10 nitrogen and oxygen atoms in total. The lowest BCUT2D eigenvalue weighted by atomic mass is 10.2. The maximum absolute atomic E-state index is 14.0. The molecule has 0 aliphatic carbocycles. The standard InChI is InChI=1S/C16H11FN8O2S/c17-13-9-5-4-6-11(13)10-23-15(18-14(20-23)25(26)27)28-16-19-21-22-24(16)12-7-2-1-3-8-12/h1-9H,10H2. The Kier molecular flexibility index (Phi) is 4.76. The predicted molar refractivity (Wildman–Crippen MR) is 95.5 cm³/mol. The predicted octanol–water partition coefficient (Wildman–Crippen LogP) is 2.50. The van der Waals surface area contributed by atoms with Crippen LogP contribution in [0.2, 0.25) is 0 Å². The minimum absolute atomic E-state index is 0.0251. The van der Waals surface area contributed by atoms with E-state index in [0.29, 0.717) is 16.4 Å². The molecule has 0 bridgehead atoms. The van der Waals surface area contributed by atoms with Gasteiger partial charge in [-0.15, -0.1) is 5.10 Å². The number of rotatable bonds is 6. The molecule has 0 N–H and O–H groups in total. The van der Waals surface area contributed by atoms with Gasteiger partial charge in [0.15, 0.2) is 0 Å². The van der Waals surface area contributed by atoms with E-state index in [1.54, 1.807) is 18.2 Å². The number of tetrazole rings is 1. The zero-order valence-corrected chi connectivity index (χ0v) is 14.9. The summed E-state index contributed by atoms with van der Waals surface area (Å²) in [6.07, 6.45) is 0. The lowest BCUT2D eigenvalue weighted by molar-refractivity contribution is -0.394. The molecule has 4 aromatic rings. The quantitative estimate of drug-likeness (QED) is 0.359. The van der Waals surface area contributed by atoms with Crippen molar-refractivity contribution in [1.29, 1.82) is 0 Å². The molecule has 0 unspecified atom stereocenters. The number of nitrogens with zero attached hydrogens (tertiary/aromatic N) is 8. The van der Waals surface area contributed by atoms with Crippen molar-refractivity contribution < 1.29 is 9.31 Å². The van der Waals surface area contributed by atoms with Crippen LogP contribution in [0.4, 0.5) is 10.3 Å². The van der Waals surface area contributed by atoms with Gasteiger partial charge in [-0.2, -0.15) is 9.36 Å². The van der Waals surface area contributed by atoms with Crippen molar-refractivity contribution >= 4 is 17.7 Å². The highest BCUT2D eigenvalue weighted by atomic mass is 32.2. The fourth-order valence-electron chi connectivity index (χ4n) is 2.42. The van der Waals surface area contributed by atoms with Crippen LogP contribution in [0, 0.1) is 15.9 Å². The zero-order chi connectivity index (χ0) is 19.5. The molecule has 0 radical (unpaired) electrons. The number of aromatic nitrogens is 7. The van der Waals surface area contributed by atoms with E-state index in [9.17, 15) is 14.5 Å². The summed E-state index contributed by atoms with van der Waals surface area (Å²) in [7, 11) is 0. The Hall–Kier alpha value is -3.67. The van der Waals surface area contributed by atoms with Crippen molar-refractivity contribution in [1.82, 2.24) is 35.0 Å². The summed E-state index contributed by atoms with van der Waals surface area (Å²) in [6, 6.07) is 15.3. The van der Waals surface area contributed by atoms with E-state index in [1.807, 2.05) is 30.3 Å². The first-order valence-corrected chi connectivity index (χ1v) is 8.78. The van der Waals surface area contributed by atoms with Crippen LogP contribution in [-0.4, -0.2) is 39.9 Å². The van der Waals surface area contributed by atoms with Crippen LogP contribution in [0.5, 0.6) is 0 Å². The lowest BCUT2D eigenvalue weighted by Gasteiger charge is -2.04. The summed E-state index contributed by atoms with van der Waals surface area (Å²) < 4.78 is 16.7. The normalized spacial score (nSPS) is 10.9. The number of halogens is 1. The maximum Gasteiger partial charge on any atom is 0.492 e. The van der Waals surface area contributed by atoms with Crippen molar-refractivity contribution in [2.24, 2.45) is 0 Å². The first kappa shape index (κ1) is 17.7. The highest BCUT2D eigenvalue weighted by molar-refractivity contribution is 7.99. The van der Waals surface area contributed by atoms with Crippen molar-refractivity contribution in [2.75, 3.05) is 0 Å². The number of benzene rings is 2.